The van der Waals surface area contributed by atoms with Gasteiger partial charge in [0.1, 0.15) is 5.75 Å². The first-order valence-electron chi connectivity index (χ1n) is 13.1. The number of benzene rings is 4. The minimum Gasteiger partial charge on any atom is -0.494 e. The summed E-state index contributed by atoms with van der Waals surface area (Å²) < 4.78 is 7.15. The summed E-state index contributed by atoms with van der Waals surface area (Å²) in [7, 11) is 0. The smallest absolute Gasteiger partial charge is 0.119 e. The first kappa shape index (κ1) is 26.0. The lowest BCUT2D eigenvalue weighted by atomic mass is 9.86. The van der Waals surface area contributed by atoms with Crippen molar-refractivity contribution in [3.05, 3.63) is 136 Å². The Morgan fingerprint density at radius 2 is 0.972 bits per heavy atom. The van der Waals surface area contributed by atoms with Crippen LogP contribution in [0.4, 0.5) is 0 Å². The van der Waals surface area contributed by atoms with E-state index in [2.05, 4.69) is 132 Å². The highest BCUT2D eigenvalue weighted by Gasteiger charge is 2.16. The minimum atomic E-state index is 0.779. The molecule has 0 aliphatic heterocycles. The predicted octanol–water partition coefficient (Wildman–Crippen LogP) is 10.2. The normalized spacial score (nSPS) is 11.7. The molecule has 0 aromatic heterocycles. The Balaban J connectivity index is 1.67. The predicted molar refractivity (Wildman–Crippen MR) is 157 cm³/mol. The number of ether oxygens (including phenoxy) is 1. The molecular weight excluding hydrogens is 504 g/mol. The van der Waals surface area contributed by atoms with Crippen LogP contribution in [-0.4, -0.2) is 6.61 Å². The number of hydrogen-bond acceptors (Lipinski definition) is 1. The Hall–Kier alpha value is -3.10. The molecule has 0 saturated heterocycles. The quantitative estimate of drug-likeness (QED) is 0.129. The minimum absolute atomic E-state index is 0.779. The Morgan fingerprint density at radius 3 is 1.50 bits per heavy atom. The Kier molecular flexibility index (Phi) is 9.99. The van der Waals surface area contributed by atoms with Crippen molar-refractivity contribution in [2.75, 3.05) is 6.61 Å². The molecule has 0 spiro atoms. The van der Waals surface area contributed by atoms with Crippen molar-refractivity contribution in [1.82, 2.24) is 0 Å². The van der Waals surface area contributed by atoms with Gasteiger partial charge < -0.3 is 4.74 Å². The van der Waals surface area contributed by atoms with Crippen LogP contribution >= 0.6 is 15.9 Å². The Labute approximate surface area is 225 Å². The zero-order chi connectivity index (χ0) is 25.0. The van der Waals surface area contributed by atoms with Crippen molar-refractivity contribution in [2.24, 2.45) is 0 Å². The van der Waals surface area contributed by atoms with Gasteiger partial charge in [-0.3, -0.25) is 0 Å². The van der Waals surface area contributed by atoms with Crippen molar-refractivity contribution in [3.8, 4) is 5.75 Å². The summed E-state index contributed by atoms with van der Waals surface area (Å²) in [4.78, 5) is 0. The number of unbranched alkanes of at least 4 members (excludes halogenated alkanes) is 5. The van der Waals surface area contributed by atoms with Crippen LogP contribution in [0.25, 0.3) is 11.1 Å². The van der Waals surface area contributed by atoms with Gasteiger partial charge in [0.25, 0.3) is 0 Å². The number of rotatable bonds is 12. The van der Waals surface area contributed by atoms with Gasteiger partial charge in [-0.1, -0.05) is 140 Å². The molecule has 0 atom stereocenters. The van der Waals surface area contributed by atoms with E-state index in [0.717, 1.165) is 23.2 Å². The highest BCUT2D eigenvalue weighted by molar-refractivity contribution is 9.10. The van der Waals surface area contributed by atoms with Crippen LogP contribution in [0, 0.1) is 0 Å². The molecule has 0 N–H and O–H groups in total. The van der Waals surface area contributed by atoms with E-state index in [4.69, 9.17) is 4.74 Å². The van der Waals surface area contributed by atoms with Crippen LogP contribution in [0.3, 0.4) is 0 Å². The van der Waals surface area contributed by atoms with Gasteiger partial charge in [-0.15, -0.1) is 0 Å². The molecule has 2 heteroatoms. The summed E-state index contributed by atoms with van der Waals surface area (Å²) >= 11 is 3.60. The van der Waals surface area contributed by atoms with Crippen molar-refractivity contribution >= 4 is 27.1 Å². The maximum atomic E-state index is 6.07. The lowest BCUT2D eigenvalue weighted by Crippen LogP contribution is -1.99. The average Bonchev–Trinajstić information content (AvgIpc) is 2.93. The van der Waals surface area contributed by atoms with Gasteiger partial charge in [0, 0.05) is 4.47 Å². The third-order valence-corrected chi connectivity index (χ3v) is 6.95. The van der Waals surface area contributed by atoms with Crippen LogP contribution in [0.1, 0.15) is 67.7 Å². The maximum absolute atomic E-state index is 6.07. The standard InChI is InChI=1S/C34H35BrO/c1-2-3-4-5-6-13-26-36-32-24-20-30(21-25-32)34(28-16-11-8-12-17-28)33(27-14-9-7-10-15-27)29-18-22-31(35)23-19-29/h7-12,14-25H,2-6,13,26H2,1H3. The second-order valence-corrected chi connectivity index (χ2v) is 10.0. The van der Waals surface area contributed by atoms with Gasteiger partial charge in [0.15, 0.2) is 0 Å². The van der Waals surface area contributed by atoms with E-state index in [9.17, 15) is 0 Å². The van der Waals surface area contributed by atoms with E-state index >= 15 is 0 Å². The summed E-state index contributed by atoms with van der Waals surface area (Å²) in [5.74, 6) is 0.935. The van der Waals surface area contributed by atoms with Gasteiger partial charge in [0.2, 0.25) is 0 Å². The fourth-order valence-electron chi connectivity index (χ4n) is 4.53. The third-order valence-electron chi connectivity index (χ3n) is 6.42. The lowest BCUT2D eigenvalue weighted by Gasteiger charge is -2.18. The first-order valence-corrected chi connectivity index (χ1v) is 13.9. The molecule has 184 valence electrons. The summed E-state index contributed by atoms with van der Waals surface area (Å²) in [6.45, 7) is 3.04. The fourth-order valence-corrected chi connectivity index (χ4v) is 4.79. The van der Waals surface area contributed by atoms with Crippen LogP contribution in [0.15, 0.2) is 114 Å². The molecule has 0 aliphatic rings. The van der Waals surface area contributed by atoms with E-state index in [0.29, 0.717) is 0 Å². The van der Waals surface area contributed by atoms with Crippen molar-refractivity contribution < 1.29 is 4.74 Å². The molecule has 0 heterocycles. The molecule has 0 saturated carbocycles. The number of halogens is 1. The van der Waals surface area contributed by atoms with E-state index in [1.165, 1.54) is 65.5 Å². The molecule has 0 fully saturated rings. The summed E-state index contributed by atoms with van der Waals surface area (Å²) in [6, 6.07) is 38.6. The average molecular weight is 540 g/mol. The summed E-state index contributed by atoms with van der Waals surface area (Å²) in [6.07, 6.45) is 7.62. The first-order chi connectivity index (χ1) is 17.8. The second kappa shape index (κ2) is 13.8. The van der Waals surface area contributed by atoms with Gasteiger partial charge in [-0.05, 0) is 64.1 Å². The highest BCUT2D eigenvalue weighted by Crippen LogP contribution is 2.37. The van der Waals surface area contributed by atoms with E-state index in [1.807, 2.05) is 0 Å². The molecule has 1 nitrogen and oxygen atoms in total. The maximum Gasteiger partial charge on any atom is 0.119 e. The molecule has 0 aliphatic carbocycles. The van der Waals surface area contributed by atoms with Crippen LogP contribution < -0.4 is 4.74 Å². The SMILES string of the molecule is CCCCCCCCOc1ccc(C(=C(c2ccccc2)c2ccc(Br)cc2)c2ccccc2)cc1. The molecule has 0 amide bonds. The van der Waals surface area contributed by atoms with Crippen LogP contribution in [-0.2, 0) is 0 Å². The Bertz CT molecular complexity index is 1210. The lowest BCUT2D eigenvalue weighted by molar-refractivity contribution is 0.304. The second-order valence-electron chi connectivity index (χ2n) is 9.13. The molecule has 0 unspecified atom stereocenters. The molecule has 0 radical (unpaired) electrons. The molecular formula is C34H35BrO. The molecule has 4 aromatic carbocycles. The van der Waals surface area contributed by atoms with E-state index in [1.54, 1.807) is 0 Å². The van der Waals surface area contributed by atoms with Crippen molar-refractivity contribution in [1.29, 1.82) is 0 Å². The van der Waals surface area contributed by atoms with Crippen LogP contribution in [0.2, 0.25) is 0 Å². The largest absolute Gasteiger partial charge is 0.494 e. The van der Waals surface area contributed by atoms with Crippen LogP contribution in [0.5, 0.6) is 5.75 Å². The third kappa shape index (κ3) is 7.21. The van der Waals surface area contributed by atoms with Gasteiger partial charge >= 0.3 is 0 Å². The van der Waals surface area contributed by atoms with Crippen molar-refractivity contribution in [2.45, 2.75) is 45.4 Å². The molecule has 36 heavy (non-hydrogen) atoms. The number of hydrogen-bond donors (Lipinski definition) is 0. The van der Waals surface area contributed by atoms with Gasteiger partial charge in [-0.2, -0.15) is 0 Å². The zero-order valence-electron chi connectivity index (χ0n) is 21.1. The fraction of sp³-hybridized carbons (Fsp3) is 0.235. The van der Waals surface area contributed by atoms with Crippen molar-refractivity contribution in [3.63, 3.8) is 0 Å². The molecule has 4 rings (SSSR count). The summed E-state index contributed by atoms with van der Waals surface area (Å²) in [5.41, 5.74) is 7.19. The topological polar surface area (TPSA) is 9.23 Å². The highest BCUT2D eigenvalue weighted by atomic mass is 79.9. The van der Waals surface area contributed by atoms with Gasteiger partial charge in [0.05, 0.1) is 6.61 Å². The Morgan fingerprint density at radius 1 is 0.528 bits per heavy atom. The monoisotopic (exact) mass is 538 g/mol. The van der Waals surface area contributed by atoms with E-state index < -0.39 is 0 Å². The molecule has 4 aromatic rings. The zero-order valence-corrected chi connectivity index (χ0v) is 22.7. The van der Waals surface area contributed by atoms with Gasteiger partial charge in [-0.25, -0.2) is 0 Å². The van der Waals surface area contributed by atoms with E-state index in [-0.39, 0.29) is 0 Å². The molecule has 0 bridgehead atoms. The summed E-state index contributed by atoms with van der Waals surface area (Å²) in [5, 5.41) is 0.